The number of rotatable bonds is 73. The molecule has 0 radical (unpaired) electrons. The number of carbonyl (C=O) groups is 1. The van der Waals surface area contributed by atoms with Crippen molar-refractivity contribution in [1.29, 1.82) is 0 Å². The van der Waals surface area contributed by atoms with Crippen LogP contribution in [-0.2, 0) is 124 Å². The molecular weight excluding hydrogens is 1060 g/mol. The van der Waals surface area contributed by atoms with Crippen LogP contribution in [0.2, 0.25) is 0 Å². The van der Waals surface area contributed by atoms with Gasteiger partial charge in [-0.25, -0.2) is 14.6 Å². The molecule has 0 N–H and O–H groups in total. The van der Waals surface area contributed by atoms with Gasteiger partial charge in [0.1, 0.15) is 19.8 Å². The number of hydrogen-bond donors (Lipinski definition) is 0. The van der Waals surface area contributed by atoms with E-state index in [1.165, 1.54) is 0 Å². The summed E-state index contributed by atoms with van der Waals surface area (Å²) in [6.45, 7) is 32.5. The SMILES string of the molecule is C=C(C)COOCCOCCOCCOCCOCCOCCOCCOCCOCCOCCOCCOCCOCCOCCOCCOCCOCCOCCOCCOCCOCCOCCOCCOC(=O)C(=C)C. The Morgan fingerprint density at radius 1 is 0.212 bits per heavy atom. The molecule has 0 bridgehead atoms. The third-order valence-electron chi connectivity index (χ3n) is 9.32. The molecule has 0 unspecified atom stereocenters. The van der Waals surface area contributed by atoms with Gasteiger partial charge in [-0.3, -0.25) is 0 Å². The Bertz CT molecular complexity index is 1230. The van der Waals surface area contributed by atoms with Crippen LogP contribution in [0.5, 0.6) is 0 Å². The summed E-state index contributed by atoms with van der Waals surface area (Å²) < 4.78 is 126. The summed E-state index contributed by atoms with van der Waals surface area (Å²) >= 11 is 0. The van der Waals surface area contributed by atoms with Crippen molar-refractivity contribution >= 4 is 5.97 Å². The van der Waals surface area contributed by atoms with Crippen LogP contribution in [0.15, 0.2) is 24.3 Å². The van der Waals surface area contributed by atoms with Gasteiger partial charge < -0.3 is 109 Å². The second kappa shape index (κ2) is 71.3. The molecule has 0 heterocycles. The summed E-state index contributed by atoms with van der Waals surface area (Å²) in [5, 5.41) is 0. The zero-order valence-electron chi connectivity index (χ0n) is 48.8. The Morgan fingerprint density at radius 3 is 0.487 bits per heavy atom. The van der Waals surface area contributed by atoms with Crippen molar-refractivity contribution in [1.82, 2.24) is 0 Å². The fourth-order valence-corrected chi connectivity index (χ4v) is 5.33. The van der Waals surface area contributed by atoms with E-state index in [0.717, 1.165) is 5.57 Å². The molecule has 0 aliphatic rings. The topological polar surface area (TPSA) is 248 Å². The second-order valence-electron chi connectivity index (χ2n) is 16.4. The van der Waals surface area contributed by atoms with E-state index in [0.29, 0.717) is 309 Å². The Hall–Kier alpha value is -2.01. The van der Waals surface area contributed by atoms with Crippen LogP contribution in [0, 0.1) is 0 Å². The van der Waals surface area contributed by atoms with Crippen molar-refractivity contribution in [3.63, 3.8) is 0 Å². The molecule has 0 saturated heterocycles. The highest BCUT2D eigenvalue weighted by atomic mass is 17.2. The molecule has 0 aliphatic carbocycles. The Balaban J connectivity index is 3.09. The first kappa shape index (κ1) is 78.0. The third kappa shape index (κ3) is 72.1. The minimum atomic E-state index is -0.419. The molecule has 0 fully saturated rings. The zero-order valence-corrected chi connectivity index (χ0v) is 48.8. The summed E-state index contributed by atoms with van der Waals surface area (Å²) in [4.78, 5) is 21.1. The highest BCUT2D eigenvalue weighted by Crippen LogP contribution is 1.94. The number of ether oxygens (including phenoxy) is 23. The lowest BCUT2D eigenvalue weighted by molar-refractivity contribution is -0.292. The normalized spacial score (nSPS) is 11.6. The molecule has 0 atom stereocenters. The summed E-state index contributed by atoms with van der Waals surface area (Å²) in [7, 11) is 0. The van der Waals surface area contributed by atoms with E-state index in [1.807, 2.05) is 6.92 Å². The van der Waals surface area contributed by atoms with Gasteiger partial charge >= 0.3 is 5.97 Å². The van der Waals surface area contributed by atoms with E-state index in [1.54, 1.807) is 6.92 Å². The van der Waals surface area contributed by atoms with Gasteiger partial charge in [-0.2, -0.15) is 0 Å². The van der Waals surface area contributed by atoms with Gasteiger partial charge in [0.25, 0.3) is 0 Å². The van der Waals surface area contributed by atoms with Crippen LogP contribution in [0.1, 0.15) is 13.8 Å². The monoisotopic (exact) mass is 1170 g/mol. The first-order valence-electron chi connectivity index (χ1n) is 28.0. The first-order valence-corrected chi connectivity index (χ1v) is 28.0. The van der Waals surface area contributed by atoms with Crippen molar-refractivity contribution < 1.29 is 124 Å². The standard InChI is InChI=1S/C54H104O26/c1-52(2)51-80-79-50-48-77-46-44-75-42-40-73-38-36-71-34-32-69-30-28-67-26-24-65-22-20-63-18-16-61-14-12-59-10-8-57-6-5-56-7-9-58-11-13-60-15-17-62-19-21-64-23-25-66-27-29-68-31-33-70-35-37-72-39-41-74-43-45-76-47-49-78-54(55)53(3)4/h1,3,5-51H2,2,4H3. The van der Waals surface area contributed by atoms with Gasteiger partial charge in [-0.1, -0.05) is 18.7 Å². The first-order chi connectivity index (χ1) is 39.5. The quantitative estimate of drug-likeness (QED) is 0.0211. The fraction of sp³-hybridized carbons (Fsp3) is 0.907. The van der Waals surface area contributed by atoms with Crippen LogP contribution in [0.25, 0.3) is 0 Å². The van der Waals surface area contributed by atoms with Crippen LogP contribution in [-0.4, -0.2) is 316 Å². The molecule has 0 aromatic rings. The second-order valence-corrected chi connectivity index (χ2v) is 16.4. The van der Waals surface area contributed by atoms with Crippen molar-refractivity contribution in [2.45, 2.75) is 13.8 Å². The van der Waals surface area contributed by atoms with E-state index in [9.17, 15) is 4.79 Å². The molecule has 0 amide bonds. The van der Waals surface area contributed by atoms with Gasteiger partial charge in [-0.05, 0) is 13.8 Å². The van der Waals surface area contributed by atoms with E-state index >= 15 is 0 Å². The van der Waals surface area contributed by atoms with Gasteiger partial charge in [0.2, 0.25) is 0 Å². The predicted molar refractivity (Wildman–Crippen MR) is 291 cm³/mol. The average molecular weight is 1170 g/mol. The van der Waals surface area contributed by atoms with E-state index in [4.69, 9.17) is 119 Å². The van der Waals surface area contributed by atoms with Crippen molar-refractivity contribution in [3.8, 4) is 0 Å². The molecule has 0 rings (SSSR count). The third-order valence-corrected chi connectivity index (χ3v) is 9.32. The minimum absolute atomic E-state index is 0.190. The van der Waals surface area contributed by atoms with Gasteiger partial charge in [0.15, 0.2) is 0 Å². The minimum Gasteiger partial charge on any atom is -0.460 e. The highest BCUT2D eigenvalue weighted by Gasteiger charge is 2.03. The van der Waals surface area contributed by atoms with Crippen LogP contribution < -0.4 is 0 Å². The molecule has 0 aliphatic heterocycles. The zero-order chi connectivity index (χ0) is 57.6. The van der Waals surface area contributed by atoms with Gasteiger partial charge in [-0.15, -0.1) is 0 Å². The van der Waals surface area contributed by atoms with Gasteiger partial charge in [0.05, 0.1) is 291 Å². The molecule has 80 heavy (non-hydrogen) atoms. The summed E-state index contributed by atoms with van der Waals surface area (Å²) in [5.74, 6) is -0.419. The summed E-state index contributed by atoms with van der Waals surface area (Å²) in [6, 6.07) is 0. The van der Waals surface area contributed by atoms with Crippen LogP contribution in [0.3, 0.4) is 0 Å². The Morgan fingerprint density at radius 2 is 0.350 bits per heavy atom. The lowest BCUT2D eigenvalue weighted by Gasteiger charge is -2.09. The maximum Gasteiger partial charge on any atom is 0.333 e. The maximum atomic E-state index is 11.2. The highest BCUT2D eigenvalue weighted by molar-refractivity contribution is 5.86. The summed E-state index contributed by atoms with van der Waals surface area (Å²) in [6.07, 6.45) is 0. The molecule has 0 aromatic heterocycles. The maximum absolute atomic E-state index is 11.2. The average Bonchev–Trinajstić information content (AvgIpc) is 3.45. The lowest BCUT2D eigenvalue weighted by atomic mass is 10.4. The van der Waals surface area contributed by atoms with E-state index in [2.05, 4.69) is 13.2 Å². The summed E-state index contributed by atoms with van der Waals surface area (Å²) in [5.41, 5.74) is 1.26. The largest absolute Gasteiger partial charge is 0.460 e. The Kier molecular flexibility index (Phi) is 69.5. The molecule has 26 heteroatoms. The van der Waals surface area contributed by atoms with Crippen molar-refractivity contribution in [2.24, 2.45) is 0 Å². The van der Waals surface area contributed by atoms with Gasteiger partial charge in [0, 0.05) is 5.57 Å². The molecule has 476 valence electrons. The number of esters is 1. The fourth-order valence-electron chi connectivity index (χ4n) is 5.33. The lowest BCUT2D eigenvalue weighted by Crippen LogP contribution is -2.16. The molecule has 0 aromatic carbocycles. The van der Waals surface area contributed by atoms with Crippen molar-refractivity contribution in [2.75, 3.05) is 311 Å². The molecule has 0 saturated carbocycles. The van der Waals surface area contributed by atoms with Crippen LogP contribution >= 0.6 is 0 Å². The molecular formula is C54H104O26. The molecule has 0 spiro atoms. The van der Waals surface area contributed by atoms with Crippen molar-refractivity contribution in [3.05, 3.63) is 24.3 Å². The number of carbonyl (C=O) groups excluding carboxylic acids is 1. The molecule has 26 nitrogen and oxygen atoms in total. The van der Waals surface area contributed by atoms with Crippen LogP contribution in [0.4, 0.5) is 0 Å². The predicted octanol–water partition coefficient (Wildman–Crippen LogP) is 2.00. The van der Waals surface area contributed by atoms with E-state index in [-0.39, 0.29) is 6.61 Å². The number of hydrogen-bond acceptors (Lipinski definition) is 26. The Labute approximate surface area is 477 Å². The van der Waals surface area contributed by atoms with E-state index < -0.39 is 5.97 Å². The smallest absolute Gasteiger partial charge is 0.333 e.